The van der Waals surface area contributed by atoms with Crippen molar-refractivity contribution in [2.75, 3.05) is 27.7 Å². The molecule has 0 saturated carbocycles. The van der Waals surface area contributed by atoms with E-state index in [4.69, 9.17) is 4.74 Å². The molecular formula is C18H27IN6O2. The lowest BCUT2D eigenvalue weighted by Gasteiger charge is -2.15. The summed E-state index contributed by atoms with van der Waals surface area (Å²) >= 11 is 0. The van der Waals surface area contributed by atoms with Crippen molar-refractivity contribution in [2.45, 2.75) is 13.1 Å². The van der Waals surface area contributed by atoms with E-state index in [0.717, 1.165) is 17.0 Å². The molecule has 0 saturated heterocycles. The largest absolute Gasteiger partial charge is 0.497 e. The van der Waals surface area contributed by atoms with E-state index in [2.05, 4.69) is 20.7 Å². The Morgan fingerprint density at radius 3 is 2.48 bits per heavy atom. The quantitative estimate of drug-likeness (QED) is 0.351. The van der Waals surface area contributed by atoms with Gasteiger partial charge in [-0.1, -0.05) is 12.1 Å². The van der Waals surface area contributed by atoms with Crippen LogP contribution in [0.15, 0.2) is 41.5 Å². The predicted molar refractivity (Wildman–Crippen MR) is 116 cm³/mol. The van der Waals surface area contributed by atoms with E-state index in [9.17, 15) is 4.79 Å². The summed E-state index contributed by atoms with van der Waals surface area (Å²) in [6.07, 6.45) is 1.74. The van der Waals surface area contributed by atoms with Gasteiger partial charge in [0.1, 0.15) is 5.75 Å². The third-order valence-electron chi connectivity index (χ3n) is 3.84. The van der Waals surface area contributed by atoms with Gasteiger partial charge < -0.3 is 20.3 Å². The Morgan fingerprint density at radius 1 is 1.22 bits per heavy atom. The Morgan fingerprint density at radius 2 is 1.93 bits per heavy atom. The number of guanidine groups is 1. The van der Waals surface area contributed by atoms with Gasteiger partial charge in [0, 0.05) is 27.3 Å². The second kappa shape index (κ2) is 11.4. The molecule has 0 bridgehead atoms. The van der Waals surface area contributed by atoms with Crippen LogP contribution in [0.1, 0.15) is 11.3 Å². The fourth-order valence-corrected chi connectivity index (χ4v) is 2.14. The van der Waals surface area contributed by atoms with Crippen LogP contribution in [0.25, 0.3) is 0 Å². The Hall–Kier alpha value is -2.30. The van der Waals surface area contributed by atoms with Crippen LogP contribution in [0.2, 0.25) is 0 Å². The molecule has 0 spiro atoms. The molecule has 0 aliphatic heterocycles. The van der Waals surface area contributed by atoms with Crippen LogP contribution in [0, 0.1) is 0 Å². The summed E-state index contributed by atoms with van der Waals surface area (Å²) in [7, 11) is 6.97. The molecule has 2 N–H and O–H groups in total. The number of halogens is 1. The highest BCUT2D eigenvalue weighted by Crippen LogP contribution is 2.11. The molecule has 0 aliphatic rings. The van der Waals surface area contributed by atoms with Crippen molar-refractivity contribution >= 4 is 35.8 Å². The monoisotopic (exact) mass is 486 g/mol. The predicted octanol–water partition coefficient (Wildman–Crippen LogP) is 1.37. The maximum atomic E-state index is 11.8. The average molecular weight is 486 g/mol. The molecule has 1 aromatic carbocycles. The first-order chi connectivity index (χ1) is 12.5. The first kappa shape index (κ1) is 22.7. The number of rotatable bonds is 7. The fourth-order valence-electron chi connectivity index (χ4n) is 2.14. The standard InChI is InChI=1S/C18H26N6O2.HI/c1-23(2)17(25)13-21-18(20-12-15-9-10-22-24(15)3)19-11-14-5-7-16(26-4)8-6-14;/h5-10H,11-13H2,1-4H3,(H2,19,20,21);1H. The lowest BCUT2D eigenvalue weighted by Crippen LogP contribution is -2.42. The second-order valence-electron chi connectivity index (χ2n) is 5.95. The zero-order valence-corrected chi connectivity index (χ0v) is 18.4. The number of benzene rings is 1. The van der Waals surface area contributed by atoms with Gasteiger partial charge in [-0.25, -0.2) is 4.99 Å². The van der Waals surface area contributed by atoms with Gasteiger partial charge in [-0.3, -0.25) is 9.48 Å². The maximum absolute atomic E-state index is 11.8. The highest BCUT2D eigenvalue weighted by atomic mass is 127. The number of aryl methyl sites for hydroxylation is 1. The SMILES string of the molecule is COc1ccc(CN=C(NCC(=O)N(C)C)NCc2ccnn2C)cc1.I. The highest BCUT2D eigenvalue weighted by Gasteiger charge is 2.07. The molecular weight excluding hydrogens is 459 g/mol. The number of carbonyl (C=O) groups excluding carboxylic acids is 1. The summed E-state index contributed by atoms with van der Waals surface area (Å²) in [5.74, 6) is 1.35. The van der Waals surface area contributed by atoms with Crippen LogP contribution in [-0.4, -0.2) is 54.3 Å². The maximum Gasteiger partial charge on any atom is 0.241 e. The van der Waals surface area contributed by atoms with Gasteiger partial charge in [-0.2, -0.15) is 5.10 Å². The highest BCUT2D eigenvalue weighted by molar-refractivity contribution is 14.0. The molecule has 0 fully saturated rings. The molecule has 2 rings (SSSR count). The summed E-state index contributed by atoms with van der Waals surface area (Å²) < 4.78 is 6.95. The Balaban J connectivity index is 0.00000364. The summed E-state index contributed by atoms with van der Waals surface area (Å²) in [5, 5.41) is 10.4. The lowest BCUT2D eigenvalue weighted by atomic mass is 10.2. The summed E-state index contributed by atoms with van der Waals surface area (Å²) in [6, 6.07) is 9.66. The minimum Gasteiger partial charge on any atom is -0.497 e. The second-order valence-corrected chi connectivity index (χ2v) is 5.95. The third-order valence-corrected chi connectivity index (χ3v) is 3.84. The number of aromatic nitrogens is 2. The molecule has 8 nitrogen and oxygen atoms in total. The molecule has 2 aromatic rings. The minimum atomic E-state index is -0.0236. The topological polar surface area (TPSA) is 83.8 Å². The van der Waals surface area contributed by atoms with Gasteiger partial charge in [0.05, 0.1) is 32.4 Å². The van der Waals surface area contributed by atoms with Crippen molar-refractivity contribution < 1.29 is 9.53 Å². The van der Waals surface area contributed by atoms with Gasteiger partial charge >= 0.3 is 0 Å². The molecule has 0 unspecified atom stereocenters. The number of aliphatic imine (C=N–C) groups is 1. The van der Waals surface area contributed by atoms with E-state index >= 15 is 0 Å². The lowest BCUT2D eigenvalue weighted by molar-refractivity contribution is -0.127. The van der Waals surface area contributed by atoms with Gasteiger partial charge in [-0.05, 0) is 23.8 Å². The van der Waals surface area contributed by atoms with Crippen molar-refractivity contribution in [3.63, 3.8) is 0 Å². The van der Waals surface area contributed by atoms with Gasteiger partial charge in [0.2, 0.25) is 5.91 Å². The molecule has 148 valence electrons. The first-order valence-corrected chi connectivity index (χ1v) is 8.31. The van der Waals surface area contributed by atoms with Gasteiger partial charge in [-0.15, -0.1) is 24.0 Å². The molecule has 0 aliphatic carbocycles. The van der Waals surface area contributed by atoms with Crippen LogP contribution in [-0.2, 0) is 24.9 Å². The van der Waals surface area contributed by atoms with Crippen molar-refractivity contribution in [3.05, 3.63) is 47.8 Å². The Bertz CT molecular complexity index is 743. The number of ether oxygens (including phenoxy) is 1. The number of carbonyl (C=O) groups is 1. The Kier molecular flexibility index (Phi) is 9.62. The number of nitrogens with zero attached hydrogens (tertiary/aromatic N) is 4. The number of hydrogen-bond donors (Lipinski definition) is 2. The number of amides is 1. The van der Waals surface area contributed by atoms with Crippen LogP contribution in [0.4, 0.5) is 0 Å². The smallest absolute Gasteiger partial charge is 0.241 e. The summed E-state index contributed by atoms with van der Waals surface area (Å²) in [6.45, 7) is 1.22. The zero-order chi connectivity index (χ0) is 18.9. The van der Waals surface area contributed by atoms with Crippen LogP contribution >= 0.6 is 24.0 Å². The van der Waals surface area contributed by atoms with Crippen molar-refractivity contribution in [3.8, 4) is 5.75 Å². The fraction of sp³-hybridized carbons (Fsp3) is 0.389. The molecule has 0 radical (unpaired) electrons. The normalized spacial score (nSPS) is 10.7. The van der Waals surface area contributed by atoms with Gasteiger partial charge in [0.25, 0.3) is 0 Å². The van der Waals surface area contributed by atoms with Crippen molar-refractivity contribution in [2.24, 2.45) is 12.0 Å². The zero-order valence-electron chi connectivity index (χ0n) is 16.1. The van der Waals surface area contributed by atoms with Crippen LogP contribution in [0.3, 0.4) is 0 Å². The van der Waals surface area contributed by atoms with Gasteiger partial charge in [0.15, 0.2) is 5.96 Å². The van der Waals surface area contributed by atoms with E-state index in [0.29, 0.717) is 19.0 Å². The number of nitrogens with one attached hydrogen (secondary N) is 2. The Labute approximate surface area is 177 Å². The minimum absolute atomic E-state index is 0. The summed E-state index contributed by atoms with van der Waals surface area (Å²) in [5.41, 5.74) is 2.06. The van der Waals surface area contributed by atoms with Crippen molar-refractivity contribution in [1.82, 2.24) is 25.3 Å². The number of methoxy groups -OCH3 is 1. The average Bonchev–Trinajstić information content (AvgIpc) is 3.06. The van der Waals surface area contributed by atoms with E-state index in [1.54, 1.807) is 32.1 Å². The van der Waals surface area contributed by atoms with E-state index in [1.807, 2.05) is 37.4 Å². The number of likely N-dealkylation sites (N-methyl/N-ethyl adjacent to an activating group) is 1. The molecule has 1 aromatic heterocycles. The third kappa shape index (κ3) is 7.45. The molecule has 27 heavy (non-hydrogen) atoms. The van der Waals surface area contributed by atoms with Crippen LogP contribution < -0.4 is 15.4 Å². The summed E-state index contributed by atoms with van der Waals surface area (Å²) in [4.78, 5) is 17.9. The van der Waals surface area contributed by atoms with E-state index in [1.165, 1.54) is 4.90 Å². The van der Waals surface area contributed by atoms with Crippen molar-refractivity contribution in [1.29, 1.82) is 0 Å². The molecule has 0 atom stereocenters. The number of hydrogen-bond acceptors (Lipinski definition) is 4. The van der Waals surface area contributed by atoms with E-state index in [-0.39, 0.29) is 36.4 Å². The molecule has 9 heteroatoms. The van der Waals surface area contributed by atoms with Crippen LogP contribution in [0.5, 0.6) is 5.75 Å². The first-order valence-electron chi connectivity index (χ1n) is 8.31. The molecule has 1 amide bonds. The van der Waals surface area contributed by atoms with E-state index < -0.39 is 0 Å². The molecule has 1 heterocycles.